The fourth-order valence-corrected chi connectivity index (χ4v) is 7.08. The Hall–Kier alpha value is -1.96. The van der Waals surface area contributed by atoms with E-state index in [0.29, 0.717) is 11.5 Å². The Bertz CT molecular complexity index is 805. The molecule has 2 heteroatoms. The van der Waals surface area contributed by atoms with Gasteiger partial charge in [0.25, 0.3) is 0 Å². The number of benzene rings is 2. The molecule has 0 saturated heterocycles. The summed E-state index contributed by atoms with van der Waals surface area (Å²) in [6, 6.07) is 15.7. The third-order valence-electron chi connectivity index (χ3n) is 9.46. The van der Waals surface area contributed by atoms with Crippen molar-refractivity contribution in [3.63, 3.8) is 0 Å². The van der Waals surface area contributed by atoms with Crippen LogP contribution < -0.4 is 0 Å². The minimum absolute atomic E-state index is 0.00686. The van der Waals surface area contributed by atoms with Gasteiger partial charge in [-0.25, -0.2) is 0 Å². The summed E-state index contributed by atoms with van der Waals surface area (Å²) < 4.78 is 0. The molecule has 0 radical (unpaired) electrons. The van der Waals surface area contributed by atoms with Crippen molar-refractivity contribution < 1.29 is 10.2 Å². The number of phenols is 2. The Morgan fingerprint density at radius 3 is 1.49 bits per heavy atom. The molecule has 4 rings (SSSR count). The fourth-order valence-electron chi connectivity index (χ4n) is 7.08. The first-order valence-electron chi connectivity index (χ1n) is 14.7. The highest BCUT2D eigenvalue weighted by Gasteiger charge is 2.38. The standard InChI is InChI=1S/C33H48O2/c1-2-3-4-5-6-7-26-8-10-27(11-9-26)12-13-28-22-24-33(25-23-28,29-14-18-31(34)19-15-29)30-16-20-32(35)21-17-30/h14-21,26-28,34-35H,2-13,22-25H2,1H3. The van der Waals surface area contributed by atoms with Crippen LogP contribution >= 0.6 is 0 Å². The first-order valence-corrected chi connectivity index (χ1v) is 14.7. The van der Waals surface area contributed by atoms with Crippen LogP contribution in [0.2, 0.25) is 0 Å². The third kappa shape index (κ3) is 7.05. The van der Waals surface area contributed by atoms with Crippen molar-refractivity contribution in [1.29, 1.82) is 0 Å². The maximum absolute atomic E-state index is 9.84. The van der Waals surface area contributed by atoms with E-state index < -0.39 is 0 Å². The lowest BCUT2D eigenvalue weighted by molar-refractivity contribution is 0.208. The second-order valence-corrected chi connectivity index (χ2v) is 11.8. The summed E-state index contributed by atoms with van der Waals surface area (Å²) in [4.78, 5) is 0. The van der Waals surface area contributed by atoms with Gasteiger partial charge in [-0.05, 0) is 78.8 Å². The highest BCUT2D eigenvalue weighted by atomic mass is 16.3. The lowest BCUT2D eigenvalue weighted by atomic mass is 9.62. The van der Waals surface area contributed by atoms with Gasteiger partial charge >= 0.3 is 0 Å². The molecule has 192 valence electrons. The monoisotopic (exact) mass is 476 g/mol. The summed E-state index contributed by atoms with van der Waals surface area (Å²) in [5.74, 6) is 3.48. The maximum Gasteiger partial charge on any atom is 0.115 e. The zero-order chi connectivity index (χ0) is 24.5. The van der Waals surface area contributed by atoms with Crippen LogP contribution in [-0.2, 0) is 5.41 Å². The Morgan fingerprint density at radius 2 is 1.00 bits per heavy atom. The molecule has 2 aromatic rings. The molecule has 2 nitrogen and oxygen atoms in total. The predicted molar refractivity (Wildman–Crippen MR) is 147 cm³/mol. The summed E-state index contributed by atoms with van der Waals surface area (Å²) in [6.45, 7) is 2.30. The van der Waals surface area contributed by atoms with Crippen LogP contribution in [0, 0.1) is 17.8 Å². The zero-order valence-electron chi connectivity index (χ0n) is 22.1. The van der Waals surface area contributed by atoms with Crippen LogP contribution in [0.25, 0.3) is 0 Å². The molecule has 0 bridgehead atoms. The fraction of sp³-hybridized carbons (Fsp3) is 0.636. The predicted octanol–water partition coefficient (Wildman–Crippen LogP) is 9.52. The van der Waals surface area contributed by atoms with Gasteiger partial charge in [0.2, 0.25) is 0 Å². The average molecular weight is 477 g/mol. The maximum atomic E-state index is 9.84. The summed E-state index contributed by atoms with van der Waals surface area (Å²) in [5, 5.41) is 19.7. The lowest BCUT2D eigenvalue weighted by Crippen LogP contribution is -2.33. The van der Waals surface area contributed by atoms with Crippen LogP contribution in [0.4, 0.5) is 0 Å². The van der Waals surface area contributed by atoms with Gasteiger partial charge in [-0.2, -0.15) is 0 Å². The molecule has 0 unspecified atom stereocenters. The normalized spacial score (nSPS) is 22.8. The Morgan fingerprint density at radius 1 is 0.571 bits per heavy atom. The molecule has 2 aliphatic rings. The third-order valence-corrected chi connectivity index (χ3v) is 9.46. The van der Waals surface area contributed by atoms with Crippen molar-refractivity contribution >= 4 is 0 Å². The van der Waals surface area contributed by atoms with Crippen LogP contribution in [0.5, 0.6) is 11.5 Å². The van der Waals surface area contributed by atoms with Gasteiger partial charge in [0.05, 0.1) is 0 Å². The second-order valence-electron chi connectivity index (χ2n) is 11.8. The molecular formula is C33H48O2. The molecule has 2 aliphatic carbocycles. The summed E-state index contributed by atoms with van der Waals surface area (Å²) in [6.07, 6.45) is 22.2. The molecule has 2 aromatic carbocycles. The van der Waals surface area contributed by atoms with Crippen molar-refractivity contribution in [2.75, 3.05) is 0 Å². The lowest BCUT2D eigenvalue weighted by Gasteiger charge is -2.42. The van der Waals surface area contributed by atoms with E-state index in [2.05, 4.69) is 31.2 Å². The largest absolute Gasteiger partial charge is 0.508 e. The molecule has 35 heavy (non-hydrogen) atoms. The Balaban J connectivity index is 1.25. The molecular weight excluding hydrogens is 428 g/mol. The Kier molecular flexibility index (Phi) is 9.58. The molecule has 0 aliphatic heterocycles. The van der Waals surface area contributed by atoms with E-state index in [4.69, 9.17) is 0 Å². The SMILES string of the molecule is CCCCCCCC1CCC(CCC2CCC(c3ccc(O)cc3)(c3ccc(O)cc3)CC2)CC1. The van der Waals surface area contributed by atoms with E-state index in [1.807, 2.05) is 24.3 Å². The number of phenolic OH excluding ortho intramolecular Hbond substituents is 2. The zero-order valence-corrected chi connectivity index (χ0v) is 22.1. The molecule has 2 fully saturated rings. The van der Waals surface area contributed by atoms with Crippen LogP contribution in [0.15, 0.2) is 48.5 Å². The molecule has 0 aromatic heterocycles. The van der Waals surface area contributed by atoms with Crippen LogP contribution in [0.3, 0.4) is 0 Å². The highest BCUT2D eigenvalue weighted by molar-refractivity contribution is 5.43. The minimum atomic E-state index is -0.00686. The van der Waals surface area contributed by atoms with Crippen molar-refractivity contribution in [3.8, 4) is 11.5 Å². The number of rotatable bonds is 11. The molecule has 2 saturated carbocycles. The van der Waals surface area contributed by atoms with E-state index in [1.54, 1.807) is 0 Å². The number of hydrogen-bond donors (Lipinski definition) is 2. The van der Waals surface area contributed by atoms with Gasteiger partial charge in [-0.15, -0.1) is 0 Å². The summed E-state index contributed by atoms with van der Waals surface area (Å²) >= 11 is 0. The molecule has 2 N–H and O–H groups in total. The van der Waals surface area contributed by atoms with Crippen molar-refractivity contribution in [2.45, 2.75) is 115 Å². The van der Waals surface area contributed by atoms with Crippen molar-refractivity contribution in [1.82, 2.24) is 0 Å². The Labute approximate surface area is 214 Å². The van der Waals surface area contributed by atoms with E-state index in [0.717, 1.165) is 30.6 Å². The molecule has 0 spiro atoms. The molecule has 0 amide bonds. The first-order chi connectivity index (χ1) is 17.1. The topological polar surface area (TPSA) is 40.5 Å². The second kappa shape index (κ2) is 12.8. The number of unbranched alkanes of at least 4 members (excludes halogenated alkanes) is 4. The molecule has 0 atom stereocenters. The van der Waals surface area contributed by atoms with Gasteiger partial charge in [-0.3, -0.25) is 0 Å². The van der Waals surface area contributed by atoms with Gasteiger partial charge in [0, 0.05) is 5.41 Å². The van der Waals surface area contributed by atoms with Gasteiger partial charge in [0.15, 0.2) is 0 Å². The van der Waals surface area contributed by atoms with E-state index in [-0.39, 0.29) is 5.41 Å². The first kappa shape index (κ1) is 26.1. The van der Waals surface area contributed by atoms with E-state index in [1.165, 1.54) is 101 Å². The van der Waals surface area contributed by atoms with Gasteiger partial charge < -0.3 is 10.2 Å². The minimum Gasteiger partial charge on any atom is -0.508 e. The molecule has 0 heterocycles. The average Bonchev–Trinajstić information content (AvgIpc) is 2.89. The summed E-state index contributed by atoms with van der Waals surface area (Å²) in [7, 11) is 0. The van der Waals surface area contributed by atoms with Crippen molar-refractivity contribution in [2.24, 2.45) is 17.8 Å². The van der Waals surface area contributed by atoms with Gasteiger partial charge in [-0.1, -0.05) is 108 Å². The number of aromatic hydroxyl groups is 2. The highest BCUT2D eigenvalue weighted by Crippen LogP contribution is 2.48. The van der Waals surface area contributed by atoms with Gasteiger partial charge in [0.1, 0.15) is 11.5 Å². The number of hydrogen-bond acceptors (Lipinski definition) is 2. The van der Waals surface area contributed by atoms with E-state index >= 15 is 0 Å². The smallest absolute Gasteiger partial charge is 0.115 e. The van der Waals surface area contributed by atoms with E-state index in [9.17, 15) is 10.2 Å². The van der Waals surface area contributed by atoms with Crippen LogP contribution in [0.1, 0.15) is 121 Å². The quantitative estimate of drug-likeness (QED) is 0.317. The van der Waals surface area contributed by atoms with Crippen LogP contribution in [-0.4, -0.2) is 10.2 Å². The van der Waals surface area contributed by atoms with Crippen molar-refractivity contribution in [3.05, 3.63) is 59.7 Å². The summed E-state index contributed by atoms with van der Waals surface area (Å²) in [5.41, 5.74) is 2.59.